The lowest BCUT2D eigenvalue weighted by atomic mass is 10.1. The van der Waals surface area contributed by atoms with Crippen LogP contribution in [-0.4, -0.2) is 49.6 Å². The molecule has 3 aromatic rings. The van der Waals surface area contributed by atoms with Gasteiger partial charge in [-0.25, -0.2) is 19.4 Å². The van der Waals surface area contributed by atoms with Crippen molar-refractivity contribution in [2.45, 2.75) is 45.3 Å². The van der Waals surface area contributed by atoms with E-state index in [4.69, 9.17) is 16.3 Å². The van der Waals surface area contributed by atoms with Crippen LogP contribution < -0.4 is 16.9 Å². The number of carbonyl (C=O) groups excluding carboxylic acids is 3. The Balaban J connectivity index is 1.63. The fourth-order valence-corrected chi connectivity index (χ4v) is 4.10. The molecule has 0 unspecified atom stereocenters. The number of nitrogen functional groups attached to an aromatic ring is 1. The monoisotopic (exact) mass is 491 g/mol. The molecule has 36 heavy (non-hydrogen) atoms. The Labute approximate surface area is 208 Å². The molecule has 1 aliphatic heterocycles. The highest BCUT2D eigenvalue weighted by Gasteiger charge is 2.37. The van der Waals surface area contributed by atoms with E-state index in [2.05, 4.69) is 15.3 Å². The first-order chi connectivity index (χ1) is 17.0. The van der Waals surface area contributed by atoms with E-state index in [-0.39, 0.29) is 17.3 Å². The predicted molar refractivity (Wildman–Crippen MR) is 133 cm³/mol. The number of nitrogens with zero attached hydrogens (tertiary/aromatic N) is 4. The van der Waals surface area contributed by atoms with E-state index >= 15 is 0 Å². The minimum absolute atomic E-state index is 0.00623. The third kappa shape index (κ3) is 5.14. The second-order valence-corrected chi connectivity index (χ2v) is 9.48. The predicted octanol–water partition coefficient (Wildman–Crippen LogP) is 3.08. The maximum absolute atomic E-state index is 12.8. The van der Waals surface area contributed by atoms with Gasteiger partial charge in [0.05, 0.1) is 6.04 Å². The minimum Gasteiger partial charge on any atom is -0.444 e. The van der Waals surface area contributed by atoms with Crippen molar-refractivity contribution < 1.29 is 19.1 Å². The number of pyridine rings is 1. The molecule has 0 radical (unpaired) electrons. The van der Waals surface area contributed by atoms with Gasteiger partial charge in [0.1, 0.15) is 17.1 Å². The Morgan fingerprint density at radius 3 is 2.44 bits per heavy atom. The third-order valence-electron chi connectivity index (χ3n) is 5.68. The molecule has 0 spiro atoms. The summed E-state index contributed by atoms with van der Waals surface area (Å²) in [4.78, 5) is 47.9. The first-order valence-corrected chi connectivity index (χ1v) is 11.5. The van der Waals surface area contributed by atoms with Gasteiger partial charge in [-0.3, -0.25) is 14.5 Å². The molecule has 11 nitrogen and oxygen atoms in total. The number of primary amides is 1. The zero-order valence-electron chi connectivity index (χ0n) is 20.4. The molecular weight excluding hydrogens is 462 g/mol. The van der Waals surface area contributed by atoms with Crippen LogP contribution in [0.5, 0.6) is 0 Å². The highest BCUT2D eigenvalue weighted by molar-refractivity contribution is 6.04. The standard InChI is InChI=1S/C25H29N7O4/c1-25(2,3)36-24(35)31-14-6-7-17(31)22-30-19(20(21(26)33)32(22)27)15-9-11-16(12-10-15)23(34)29-18-8-4-5-13-28-18/h4-5,8-13,17H,6-7,14,27H2,1-3H3,(H2,26,33)(H,28,29,34)/t17-/m0/s1. The van der Waals surface area contributed by atoms with Crippen molar-refractivity contribution in [3.8, 4) is 11.3 Å². The number of nitrogens with two attached hydrogens (primary N) is 2. The number of nitrogens with one attached hydrogen (secondary N) is 1. The number of anilines is 1. The molecule has 0 saturated carbocycles. The van der Waals surface area contributed by atoms with Gasteiger partial charge in [0, 0.05) is 23.9 Å². The molecule has 5 N–H and O–H groups in total. The molecule has 0 bridgehead atoms. The average Bonchev–Trinajstić information content (AvgIpc) is 3.43. The molecule has 0 aliphatic carbocycles. The van der Waals surface area contributed by atoms with Crippen LogP contribution in [0.3, 0.4) is 0 Å². The molecule has 1 aliphatic rings. The number of hydrogen-bond donors (Lipinski definition) is 3. The summed E-state index contributed by atoms with van der Waals surface area (Å²) in [7, 11) is 0. The van der Waals surface area contributed by atoms with Crippen molar-refractivity contribution in [1.29, 1.82) is 0 Å². The van der Waals surface area contributed by atoms with Gasteiger partial charge in [0.15, 0.2) is 11.5 Å². The lowest BCUT2D eigenvalue weighted by Gasteiger charge is -2.28. The Bertz CT molecular complexity index is 1280. The number of ether oxygens (including phenoxy) is 1. The van der Waals surface area contributed by atoms with Crippen LogP contribution in [0.1, 0.15) is 66.3 Å². The van der Waals surface area contributed by atoms with Crippen LogP contribution in [-0.2, 0) is 4.74 Å². The number of likely N-dealkylation sites (tertiary alicyclic amines) is 1. The number of benzene rings is 1. The van der Waals surface area contributed by atoms with Crippen LogP contribution in [0.4, 0.5) is 10.6 Å². The molecule has 188 valence electrons. The Morgan fingerprint density at radius 1 is 1.11 bits per heavy atom. The normalized spacial score (nSPS) is 15.5. The van der Waals surface area contributed by atoms with E-state index in [1.54, 1.807) is 74.3 Å². The van der Waals surface area contributed by atoms with Crippen molar-refractivity contribution in [1.82, 2.24) is 19.5 Å². The number of aromatic nitrogens is 3. The zero-order chi connectivity index (χ0) is 26.0. The summed E-state index contributed by atoms with van der Waals surface area (Å²) in [5.74, 6) is 5.95. The molecule has 11 heteroatoms. The van der Waals surface area contributed by atoms with Crippen molar-refractivity contribution in [3.63, 3.8) is 0 Å². The maximum Gasteiger partial charge on any atom is 0.410 e. The summed E-state index contributed by atoms with van der Waals surface area (Å²) < 4.78 is 6.68. The SMILES string of the molecule is CC(C)(C)OC(=O)N1CCC[C@H]1c1nc(-c2ccc(C(=O)Nc3ccccn3)cc2)c(C(N)=O)n1N. The lowest BCUT2D eigenvalue weighted by molar-refractivity contribution is 0.0217. The summed E-state index contributed by atoms with van der Waals surface area (Å²) in [5.41, 5.74) is 6.21. The summed E-state index contributed by atoms with van der Waals surface area (Å²) in [6, 6.07) is 11.3. The van der Waals surface area contributed by atoms with E-state index in [9.17, 15) is 14.4 Å². The van der Waals surface area contributed by atoms with Crippen molar-refractivity contribution >= 4 is 23.7 Å². The summed E-state index contributed by atoms with van der Waals surface area (Å²) in [6.07, 6.45) is 2.45. The highest BCUT2D eigenvalue weighted by atomic mass is 16.6. The van der Waals surface area contributed by atoms with E-state index in [0.29, 0.717) is 35.7 Å². The van der Waals surface area contributed by atoms with Gasteiger partial charge < -0.3 is 21.6 Å². The molecule has 1 atom stereocenters. The second kappa shape index (κ2) is 9.68. The largest absolute Gasteiger partial charge is 0.444 e. The van der Waals surface area contributed by atoms with Gasteiger partial charge in [-0.05, 0) is 57.9 Å². The van der Waals surface area contributed by atoms with Gasteiger partial charge in [0.2, 0.25) is 0 Å². The van der Waals surface area contributed by atoms with Crippen LogP contribution in [0.15, 0.2) is 48.7 Å². The van der Waals surface area contributed by atoms with Crippen molar-refractivity contribution in [2.75, 3.05) is 17.7 Å². The fourth-order valence-electron chi connectivity index (χ4n) is 4.10. The third-order valence-corrected chi connectivity index (χ3v) is 5.68. The van der Waals surface area contributed by atoms with Crippen molar-refractivity contribution in [2.24, 2.45) is 5.73 Å². The molecule has 3 heterocycles. The quantitative estimate of drug-likeness (QED) is 0.463. The molecule has 1 saturated heterocycles. The van der Waals surface area contributed by atoms with Gasteiger partial charge in [-0.1, -0.05) is 18.2 Å². The van der Waals surface area contributed by atoms with E-state index < -0.39 is 23.6 Å². The minimum atomic E-state index is -0.759. The first kappa shape index (κ1) is 24.7. The van der Waals surface area contributed by atoms with E-state index in [0.717, 1.165) is 11.1 Å². The van der Waals surface area contributed by atoms with Gasteiger partial charge in [-0.15, -0.1) is 0 Å². The zero-order valence-corrected chi connectivity index (χ0v) is 20.4. The molecule has 1 fully saturated rings. The number of hydrogen-bond acceptors (Lipinski definition) is 7. The molecule has 1 aromatic carbocycles. The molecular formula is C25H29N7O4. The number of amides is 3. The van der Waals surface area contributed by atoms with Gasteiger partial charge in [-0.2, -0.15) is 0 Å². The summed E-state index contributed by atoms with van der Waals surface area (Å²) in [5, 5.41) is 2.72. The lowest BCUT2D eigenvalue weighted by Crippen LogP contribution is -2.38. The van der Waals surface area contributed by atoms with Crippen LogP contribution in [0.2, 0.25) is 0 Å². The van der Waals surface area contributed by atoms with Crippen LogP contribution in [0.25, 0.3) is 11.3 Å². The maximum atomic E-state index is 12.8. The fraction of sp³-hybridized carbons (Fsp3) is 0.320. The first-order valence-electron chi connectivity index (χ1n) is 11.5. The Morgan fingerprint density at radius 2 is 1.83 bits per heavy atom. The molecule has 2 aromatic heterocycles. The number of imidazole rings is 1. The summed E-state index contributed by atoms with van der Waals surface area (Å²) >= 11 is 0. The smallest absolute Gasteiger partial charge is 0.410 e. The second-order valence-electron chi connectivity index (χ2n) is 9.48. The Hall–Kier alpha value is -4.41. The van der Waals surface area contributed by atoms with E-state index in [1.165, 1.54) is 0 Å². The highest BCUT2D eigenvalue weighted by Crippen LogP contribution is 2.35. The number of carbonyl (C=O) groups is 3. The van der Waals surface area contributed by atoms with E-state index in [1.807, 2.05) is 0 Å². The topological polar surface area (TPSA) is 158 Å². The van der Waals surface area contributed by atoms with Crippen molar-refractivity contribution in [3.05, 3.63) is 65.7 Å². The van der Waals surface area contributed by atoms with Gasteiger partial charge in [0.25, 0.3) is 11.8 Å². The Kier molecular flexibility index (Phi) is 6.65. The molecule has 3 amide bonds. The van der Waals surface area contributed by atoms with Crippen LogP contribution >= 0.6 is 0 Å². The number of rotatable bonds is 5. The average molecular weight is 492 g/mol. The van der Waals surface area contributed by atoms with Crippen LogP contribution in [0, 0.1) is 0 Å². The van der Waals surface area contributed by atoms with Gasteiger partial charge >= 0.3 is 6.09 Å². The molecule has 4 rings (SSSR count). The summed E-state index contributed by atoms with van der Waals surface area (Å²) in [6.45, 7) is 5.87.